The molecule has 23 heavy (non-hydrogen) atoms. The average Bonchev–Trinajstić information content (AvgIpc) is 2.61. The fraction of sp³-hybridized carbons (Fsp3) is 0.105. The third kappa shape index (κ3) is 4.54. The minimum Gasteiger partial charge on any atom is -0.489 e. The number of ether oxygens (including phenoxy) is 1. The van der Waals surface area contributed by atoms with Gasteiger partial charge in [-0.2, -0.15) is 0 Å². The summed E-state index contributed by atoms with van der Waals surface area (Å²) < 4.78 is 18.5. The molecule has 1 heterocycles. The zero-order valence-electron chi connectivity index (χ0n) is 12.6. The van der Waals surface area contributed by atoms with Crippen LogP contribution >= 0.6 is 0 Å². The number of pyridine rings is 1. The van der Waals surface area contributed by atoms with Gasteiger partial charge >= 0.3 is 0 Å². The fourth-order valence-corrected chi connectivity index (χ4v) is 2.11. The number of aromatic nitrogens is 1. The minimum absolute atomic E-state index is 0.237. The van der Waals surface area contributed by atoms with Gasteiger partial charge in [0.15, 0.2) is 0 Å². The van der Waals surface area contributed by atoms with Gasteiger partial charge in [-0.1, -0.05) is 30.3 Å². The lowest BCUT2D eigenvalue weighted by Gasteiger charge is -2.08. The first-order chi connectivity index (χ1) is 11.3. The molecule has 3 aromatic rings. The summed E-state index contributed by atoms with van der Waals surface area (Å²) in [5, 5.41) is 3.26. The Labute approximate surface area is 134 Å². The third-order valence-corrected chi connectivity index (χ3v) is 3.38. The molecule has 0 spiro atoms. The molecular weight excluding hydrogens is 291 g/mol. The van der Waals surface area contributed by atoms with E-state index in [1.807, 2.05) is 42.5 Å². The van der Waals surface area contributed by atoms with Crippen LogP contribution in [-0.2, 0) is 13.2 Å². The van der Waals surface area contributed by atoms with Gasteiger partial charge in [-0.15, -0.1) is 0 Å². The Balaban J connectivity index is 1.51. The van der Waals surface area contributed by atoms with E-state index < -0.39 is 0 Å². The van der Waals surface area contributed by atoms with Gasteiger partial charge in [0.05, 0.1) is 0 Å². The molecule has 4 heteroatoms. The minimum atomic E-state index is -0.237. The van der Waals surface area contributed by atoms with Crippen LogP contribution in [0.15, 0.2) is 72.9 Å². The summed E-state index contributed by atoms with van der Waals surface area (Å²) in [5.74, 6) is 1.40. The Morgan fingerprint density at radius 3 is 2.30 bits per heavy atom. The number of nitrogens with zero attached hydrogens (tertiary/aromatic N) is 1. The molecule has 0 fully saturated rings. The molecule has 0 atom stereocenters. The summed E-state index contributed by atoms with van der Waals surface area (Å²) >= 11 is 0. The van der Waals surface area contributed by atoms with Gasteiger partial charge in [0.25, 0.3) is 0 Å². The van der Waals surface area contributed by atoms with Crippen molar-refractivity contribution in [3.05, 3.63) is 89.9 Å². The Morgan fingerprint density at radius 1 is 0.870 bits per heavy atom. The molecule has 0 radical (unpaired) electrons. The Hall–Kier alpha value is -2.88. The Bertz CT molecular complexity index is 728. The third-order valence-electron chi connectivity index (χ3n) is 3.38. The van der Waals surface area contributed by atoms with E-state index in [4.69, 9.17) is 4.74 Å². The lowest BCUT2D eigenvalue weighted by molar-refractivity contribution is 0.306. The molecule has 0 aliphatic rings. The smallest absolute Gasteiger partial charge is 0.126 e. The zero-order chi connectivity index (χ0) is 15.9. The lowest BCUT2D eigenvalue weighted by Crippen LogP contribution is -2.01. The summed E-state index contributed by atoms with van der Waals surface area (Å²) in [7, 11) is 0. The SMILES string of the molecule is Fc1ccc(COc2ccc(CNc3ccccn3)cc2)cc1. The summed E-state index contributed by atoms with van der Waals surface area (Å²) in [6.45, 7) is 1.13. The molecule has 0 amide bonds. The number of hydrogen-bond donors (Lipinski definition) is 1. The van der Waals surface area contributed by atoms with E-state index >= 15 is 0 Å². The molecule has 116 valence electrons. The highest BCUT2D eigenvalue weighted by Gasteiger charge is 1.99. The van der Waals surface area contributed by atoms with Crippen LogP contribution in [0.4, 0.5) is 10.2 Å². The van der Waals surface area contributed by atoms with Gasteiger partial charge in [0.2, 0.25) is 0 Å². The van der Waals surface area contributed by atoms with E-state index in [2.05, 4.69) is 10.3 Å². The van der Waals surface area contributed by atoms with Crippen LogP contribution in [0.2, 0.25) is 0 Å². The van der Waals surface area contributed by atoms with Crippen molar-refractivity contribution < 1.29 is 9.13 Å². The second-order valence-electron chi connectivity index (χ2n) is 5.13. The van der Waals surface area contributed by atoms with Gasteiger partial charge in [0.1, 0.15) is 24.0 Å². The molecule has 0 saturated heterocycles. The largest absolute Gasteiger partial charge is 0.489 e. The summed E-state index contributed by atoms with van der Waals surface area (Å²) in [5.41, 5.74) is 2.08. The van der Waals surface area contributed by atoms with Crippen molar-refractivity contribution in [2.75, 3.05) is 5.32 Å². The maximum Gasteiger partial charge on any atom is 0.126 e. The lowest BCUT2D eigenvalue weighted by atomic mass is 10.2. The van der Waals surface area contributed by atoms with Crippen LogP contribution in [-0.4, -0.2) is 4.98 Å². The molecule has 3 rings (SSSR count). The summed E-state index contributed by atoms with van der Waals surface area (Å²) in [6, 6.07) is 20.0. The highest BCUT2D eigenvalue weighted by molar-refractivity contribution is 5.36. The van der Waals surface area contributed by atoms with Crippen molar-refractivity contribution in [3.63, 3.8) is 0 Å². The van der Waals surface area contributed by atoms with Crippen LogP contribution in [0, 0.1) is 5.82 Å². The zero-order valence-corrected chi connectivity index (χ0v) is 12.6. The number of hydrogen-bond acceptors (Lipinski definition) is 3. The number of nitrogens with one attached hydrogen (secondary N) is 1. The van der Waals surface area contributed by atoms with Crippen molar-refractivity contribution in [2.45, 2.75) is 13.2 Å². The average molecular weight is 308 g/mol. The second-order valence-corrected chi connectivity index (χ2v) is 5.13. The molecular formula is C19H17FN2O. The van der Waals surface area contributed by atoms with Crippen molar-refractivity contribution in [1.29, 1.82) is 0 Å². The number of rotatable bonds is 6. The normalized spacial score (nSPS) is 10.3. The predicted octanol–water partition coefficient (Wildman–Crippen LogP) is 4.41. The quantitative estimate of drug-likeness (QED) is 0.732. The van der Waals surface area contributed by atoms with Crippen molar-refractivity contribution in [1.82, 2.24) is 4.98 Å². The highest BCUT2D eigenvalue weighted by Crippen LogP contribution is 2.15. The first-order valence-corrected chi connectivity index (χ1v) is 7.41. The van der Waals surface area contributed by atoms with Crippen molar-refractivity contribution in [2.24, 2.45) is 0 Å². The predicted molar refractivity (Wildman–Crippen MR) is 88.7 cm³/mol. The Kier molecular flexibility index (Phi) is 4.84. The van der Waals surface area contributed by atoms with Gasteiger partial charge in [0, 0.05) is 12.7 Å². The summed E-state index contributed by atoms with van der Waals surface area (Å²) in [6.07, 6.45) is 1.76. The van der Waals surface area contributed by atoms with E-state index in [1.165, 1.54) is 12.1 Å². The summed E-state index contributed by atoms with van der Waals surface area (Å²) in [4.78, 5) is 4.22. The van der Waals surface area contributed by atoms with E-state index in [1.54, 1.807) is 18.3 Å². The fourth-order valence-electron chi connectivity index (χ4n) is 2.11. The van der Waals surface area contributed by atoms with Gasteiger partial charge < -0.3 is 10.1 Å². The van der Waals surface area contributed by atoms with Crippen LogP contribution < -0.4 is 10.1 Å². The molecule has 0 bridgehead atoms. The maximum atomic E-state index is 12.8. The number of anilines is 1. The Morgan fingerprint density at radius 2 is 1.61 bits per heavy atom. The molecule has 1 aromatic heterocycles. The van der Waals surface area contributed by atoms with E-state index in [0.717, 1.165) is 22.7 Å². The van der Waals surface area contributed by atoms with Crippen molar-refractivity contribution >= 4 is 5.82 Å². The molecule has 2 aromatic carbocycles. The first-order valence-electron chi connectivity index (χ1n) is 7.41. The van der Waals surface area contributed by atoms with Crippen LogP contribution in [0.1, 0.15) is 11.1 Å². The maximum absolute atomic E-state index is 12.8. The van der Waals surface area contributed by atoms with E-state index in [0.29, 0.717) is 13.2 Å². The number of benzene rings is 2. The molecule has 0 saturated carbocycles. The molecule has 3 nitrogen and oxygen atoms in total. The van der Waals surface area contributed by atoms with Gasteiger partial charge in [-0.25, -0.2) is 9.37 Å². The first kappa shape index (κ1) is 15.0. The van der Waals surface area contributed by atoms with Crippen LogP contribution in [0.3, 0.4) is 0 Å². The molecule has 0 unspecified atom stereocenters. The van der Waals surface area contributed by atoms with Gasteiger partial charge in [-0.05, 0) is 47.5 Å². The molecule has 0 aliphatic carbocycles. The van der Waals surface area contributed by atoms with Crippen molar-refractivity contribution in [3.8, 4) is 5.75 Å². The molecule has 0 aliphatic heterocycles. The van der Waals surface area contributed by atoms with Gasteiger partial charge in [-0.3, -0.25) is 0 Å². The highest BCUT2D eigenvalue weighted by atomic mass is 19.1. The topological polar surface area (TPSA) is 34.1 Å². The van der Waals surface area contributed by atoms with Crippen LogP contribution in [0.5, 0.6) is 5.75 Å². The molecule has 1 N–H and O–H groups in total. The standard InChI is InChI=1S/C19H17FN2O/c20-17-8-4-16(5-9-17)14-23-18-10-6-15(7-11-18)13-22-19-3-1-2-12-21-19/h1-12H,13-14H2,(H,21,22). The number of halogens is 1. The van der Waals surface area contributed by atoms with E-state index in [-0.39, 0.29) is 5.82 Å². The van der Waals surface area contributed by atoms with E-state index in [9.17, 15) is 4.39 Å². The second kappa shape index (κ2) is 7.40. The monoisotopic (exact) mass is 308 g/mol. The van der Waals surface area contributed by atoms with Crippen LogP contribution in [0.25, 0.3) is 0 Å².